The van der Waals surface area contributed by atoms with Gasteiger partial charge in [-0.2, -0.15) is 13.2 Å². The number of aromatic nitrogens is 2. The van der Waals surface area contributed by atoms with Crippen LogP contribution < -0.4 is 5.32 Å². The molecule has 2 aromatic heterocycles. The fourth-order valence-corrected chi connectivity index (χ4v) is 1.48. The molecule has 1 N–H and O–H groups in total. The van der Waals surface area contributed by atoms with Crippen molar-refractivity contribution in [1.82, 2.24) is 14.7 Å². The third-order valence-electron chi connectivity index (χ3n) is 2.37. The van der Waals surface area contributed by atoms with Gasteiger partial charge in [-0.15, -0.1) is 0 Å². The number of halogens is 3. The molecule has 1 amide bonds. The van der Waals surface area contributed by atoms with Gasteiger partial charge in [0.05, 0.1) is 24.5 Å². The van der Waals surface area contributed by atoms with Gasteiger partial charge in [0.1, 0.15) is 0 Å². The average molecular weight is 257 g/mol. The summed E-state index contributed by atoms with van der Waals surface area (Å²) in [4.78, 5) is 15.5. The Labute approximate surface area is 100 Å². The van der Waals surface area contributed by atoms with Crippen molar-refractivity contribution in [2.45, 2.75) is 12.6 Å². The highest BCUT2D eigenvalue weighted by molar-refractivity contribution is 5.95. The number of fused-ring (bicyclic) bond motifs is 1. The van der Waals surface area contributed by atoms with Crippen LogP contribution in [0.2, 0.25) is 0 Å². The second kappa shape index (κ2) is 4.67. The molecule has 0 saturated carbocycles. The lowest BCUT2D eigenvalue weighted by Crippen LogP contribution is -2.27. The van der Waals surface area contributed by atoms with Crippen molar-refractivity contribution in [3.8, 4) is 0 Å². The molecular formula is C11H10F3N3O. The Morgan fingerprint density at radius 2 is 2.22 bits per heavy atom. The summed E-state index contributed by atoms with van der Waals surface area (Å²) in [6.07, 6.45) is -0.537. The topological polar surface area (TPSA) is 46.4 Å². The molecule has 0 bridgehead atoms. The molecule has 0 aliphatic rings. The third kappa shape index (κ3) is 2.99. The lowest BCUT2D eigenvalue weighted by molar-refractivity contribution is -0.132. The Morgan fingerprint density at radius 3 is 2.94 bits per heavy atom. The van der Waals surface area contributed by atoms with Crippen molar-refractivity contribution in [3.63, 3.8) is 0 Å². The van der Waals surface area contributed by atoms with Gasteiger partial charge in [-0.1, -0.05) is 0 Å². The highest BCUT2D eigenvalue weighted by Crippen LogP contribution is 2.18. The van der Waals surface area contributed by atoms with Crippen LogP contribution in [0.25, 0.3) is 5.52 Å². The monoisotopic (exact) mass is 257 g/mol. The first kappa shape index (κ1) is 12.4. The highest BCUT2D eigenvalue weighted by atomic mass is 19.4. The summed E-state index contributed by atoms with van der Waals surface area (Å²) >= 11 is 0. The van der Waals surface area contributed by atoms with Crippen LogP contribution in [-0.4, -0.2) is 28.0 Å². The van der Waals surface area contributed by atoms with Gasteiger partial charge in [0.15, 0.2) is 0 Å². The van der Waals surface area contributed by atoms with Crippen LogP contribution in [-0.2, 0) is 0 Å². The van der Waals surface area contributed by atoms with Crippen LogP contribution in [0.5, 0.6) is 0 Å². The minimum Gasteiger partial charge on any atom is -0.352 e. The lowest BCUT2D eigenvalue weighted by atomic mass is 10.2. The quantitative estimate of drug-likeness (QED) is 0.914. The van der Waals surface area contributed by atoms with E-state index in [9.17, 15) is 18.0 Å². The van der Waals surface area contributed by atoms with E-state index in [4.69, 9.17) is 0 Å². The molecule has 0 unspecified atom stereocenters. The number of rotatable bonds is 3. The third-order valence-corrected chi connectivity index (χ3v) is 2.37. The summed E-state index contributed by atoms with van der Waals surface area (Å²) in [6, 6.07) is 3.09. The van der Waals surface area contributed by atoms with Crippen LogP contribution in [0.1, 0.15) is 16.8 Å². The van der Waals surface area contributed by atoms with E-state index in [2.05, 4.69) is 10.3 Å². The number of hydrogen-bond donors (Lipinski definition) is 1. The zero-order valence-corrected chi connectivity index (χ0v) is 9.24. The number of carbonyl (C=O) groups excluding carboxylic acids is 1. The molecule has 2 heterocycles. The number of nitrogens with zero attached hydrogens (tertiary/aromatic N) is 2. The zero-order valence-electron chi connectivity index (χ0n) is 9.24. The summed E-state index contributed by atoms with van der Waals surface area (Å²) in [5.41, 5.74) is 1.02. The molecule has 0 aromatic carbocycles. The number of pyridine rings is 1. The standard InChI is InChI=1S/C11H10F3N3O/c12-11(13,14)2-3-16-10(18)8-1-4-17-7-15-6-9(17)5-8/h1,4-7H,2-3H2,(H,16,18). The molecule has 4 nitrogen and oxygen atoms in total. The number of imidazole rings is 1. The van der Waals surface area contributed by atoms with Gasteiger partial charge < -0.3 is 9.72 Å². The van der Waals surface area contributed by atoms with Crippen molar-refractivity contribution >= 4 is 11.4 Å². The van der Waals surface area contributed by atoms with Gasteiger partial charge in [-0.05, 0) is 12.1 Å². The Morgan fingerprint density at radius 1 is 1.44 bits per heavy atom. The Hall–Kier alpha value is -2.05. The Balaban J connectivity index is 2.00. The van der Waals surface area contributed by atoms with E-state index in [0.29, 0.717) is 11.1 Å². The fraction of sp³-hybridized carbons (Fsp3) is 0.273. The molecule has 2 rings (SSSR count). The molecule has 7 heteroatoms. The first-order valence-electron chi connectivity index (χ1n) is 5.22. The van der Waals surface area contributed by atoms with Crippen LogP contribution in [0.15, 0.2) is 30.9 Å². The molecule has 0 atom stereocenters. The molecule has 0 fully saturated rings. The number of amides is 1. The van der Waals surface area contributed by atoms with Crippen LogP contribution >= 0.6 is 0 Å². The molecular weight excluding hydrogens is 247 g/mol. The lowest BCUT2D eigenvalue weighted by Gasteiger charge is -2.08. The molecule has 0 saturated heterocycles. The van der Waals surface area contributed by atoms with Crippen LogP contribution in [0.4, 0.5) is 13.2 Å². The molecule has 0 radical (unpaired) electrons. The molecule has 2 aromatic rings. The summed E-state index contributed by atoms with van der Waals surface area (Å²) in [6.45, 7) is -0.424. The largest absolute Gasteiger partial charge is 0.390 e. The smallest absolute Gasteiger partial charge is 0.352 e. The minimum absolute atomic E-state index is 0.310. The van der Waals surface area contributed by atoms with Crippen molar-refractivity contribution < 1.29 is 18.0 Å². The van der Waals surface area contributed by atoms with Gasteiger partial charge in [0, 0.05) is 18.3 Å². The van der Waals surface area contributed by atoms with E-state index >= 15 is 0 Å². The highest BCUT2D eigenvalue weighted by Gasteiger charge is 2.26. The summed E-state index contributed by atoms with van der Waals surface area (Å²) in [5, 5.41) is 2.22. The predicted molar refractivity (Wildman–Crippen MR) is 58.2 cm³/mol. The van der Waals surface area contributed by atoms with Gasteiger partial charge >= 0.3 is 6.18 Å². The summed E-state index contributed by atoms with van der Waals surface area (Å²) in [5.74, 6) is -0.525. The van der Waals surface area contributed by atoms with Gasteiger partial charge in [0.2, 0.25) is 0 Å². The van der Waals surface area contributed by atoms with E-state index in [-0.39, 0.29) is 0 Å². The number of hydrogen-bond acceptors (Lipinski definition) is 2. The first-order valence-corrected chi connectivity index (χ1v) is 5.22. The molecule has 0 aliphatic carbocycles. The van der Waals surface area contributed by atoms with Crippen molar-refractivity contribution in [3.05, 3.63) is 36.4 Å². The van der Waals surface area contributed by atoms with E-state index in [0.717, 1.165) is 0 Å². The number of carbonyl (C=O) groups is 1. The van der Waals surface area contributed by atoms with Gasteiger partial charge in [0.25, 0.3) is 5.91 Å². The maximum atomic E-state index is 11.9. The van der Waals surface area contributed by atoms with E-state index in [1.807, 2.05) is 0 Å². The van der Waals surface area contributed by atoms with Crippen molar-refractivity contribution in [2.24, 2.45) is 0 Å². The van der Waals surface area contributed by atoms with E-state index in [1.54, 1.807) is 29.2 Å². The maximum Gasteiger partial charge on any atom is 0.390 e. The summed E-state index contributed by atoms with van der Waals surface area (Å²) < 4.78 is 37.4. The SMILES string of the molecule is O=C(NCCC(F)(F)F)c1ccn2cncc2c1. The molecule has 0 aliphatic heterocycles. The second-order valence-electron chi connectivity index (χ2n) is 3.76. The fourth-order valence-electron chi connectivity index (χ4n) is 1.48. The summed E-state index contributed by atoms with van der Waals surface area (Å²) in [7, 11) is 0. The molecule has 18 heavy (non-hydrogen) atoms. The Bertz CT molecular complexity index is 562. The average Bonchev–Trinajstić information content (AvgIpc) is 2.73. The van der Waals surface area contributed by atoms with Crippen molar-refractivity contribution in [1.29, 1.82) is 0 Å². The van der Waals surface area contributed by atoms with Crippen LogP contribution in [0.3, 0.4) is 0 Å². The molecule has 96 valence electrons. The molecule has 0 spiro atoms. The first-order chi connectivity index (χ1) is 8.46. The minimum atomic E-state index is -4.26. The second-order valence-corrected chi connectivity index (χ2v) is 3.76. The van der Waals surface area contributed by atoms with Crippen LogP contribution in [0, 0.1) is 0 Å². The predicted octanol–water partition coefficient (Wildman–Crippen LogP) is 2.02. The van der Waals surface area contributed by atoms with E-state index < -0.39 is 25.0 Å². The number of alkyl halides is 3. The van der Waals surface area contributed by atoms with Gasteiger partial charge in [-0.3, -0.25) is 4.79 Å². The van der Waals surface area contributed by atoms with E-state index in [1.165, 1.54) is 6.07 Å². The number of nitrogens with one attached hydrogen (secondary N) is 1. The maximum absolute atomic E-state index is 11.9. The zero-order chi connectivity index (χ0) is 13.2. The van der Waals surface area contributed by atoms with Crippen molar-refractivity contribution in [2.75, 3.05) is 6.54 Å². The normalized spacial score (nSPS) is 11.7. The Kier molecular flexibility index (Phi) is 3.22. The van der Waals surface area contributed by atoms with Gasteiger partial charge in [-0.25, -0.2) is 4.98 Å².